The average Bonchev–Trinajstić information content (AvgIpc) is 3.12. The standard InChI is InChI=1S/C24H37NO6/c1-5-25-11-21(3)7-6-17(27)24-14-8-13-15(30-4)9-22(28,18(14)19(13)31-12(2)26)23(29,20(24)25)10-16(21)24/h13-20,27-29H,5-11H2,1-4H3. The van der Waals surface area contributed by atoms with E-state index in [9.17, 15) is 20.1 Å². The van der Waals surface area contributed by atoms with Gasteiger partial charge in [-0.15, -0.1) is 0 Å². The third-order valence-electron chi connectivity index (χ3n) is 11.1. The highest BCUT2D eigenvalue weighted by Crippen LogP contribution is 2.79. The van der Waals surface area contributed by atoms with Gasteiger partial charge in [0, 0.05) is 50.3 Å². The highest BCUT2D eigenvalue weighted by atomic mass is 16.5. The molecule has 5 saturated carbocycles. The number of ether oxygens (including phenoxy) is 2. The molecule has 174 valence electrons. The molecule has 5 aliphatic carbocycles. The van der Waals surface area contributed by atoms with Gasteiger partial charge < -0.3 is 24.8 Å². The Bertz CT molecular complexity index is 822. The first-order valence-corrected chi connectivity index (χ1v) is 12.2. The van der Waals surface area contributed by atoms with Crippen LogP contribution in [0, 0.1) is 34.5 Å². The molecule has 6 fully saturated rings. The normalized spacial score (nSPS) is 61.4. The Morgan fingerprint density at radius 3 is 2.61 bits per heavy atom. The molecule has 1 heterocycles. The van der Waals surface area contributed by atoms with Crippen molar-refractivity contribution in [3.63, 3.8) is 0 Å². The molecule has 1 spiro atoms. The zero-order valence-corrected chi connectivity index (χ0v) is 19.1. The van der Waals surface area contributed by atoms with Gasteiger partial charge in [-0.1, -0.05) is 13.8 Å². The topological polar surface area (TPSA) is 99.5 Å². The van der Waals surface area contributed by atoms with Gasteiger partial charge in [-0.25, -0.2) is 0 Å². The summed E-state index contributed by atoms with van der Waals surface area (Å²) >= 11 is 0. The molecule has 7 heteroatoms. The van der Waals surface area contributed by atoms with Gasteiger partial charge >= 0.3 is 5.97 Å². The van der Waals surface area contributed by atoms with Crippen LogP contribution in [-0.4, -0.2) is 81.9 Å². The van der Waals surface area contributed by atoms with Crippen LogP contribution in [0.1, 0.15) is 52.9 Å². The van der Waals surface area contributed by atoms with Crippen LogP contribution < -0.4 is 0 Å². The number of nitrogens with zero attached hydrogens (tertiary/aromatic N) is 1. The number of fused-ring (bicyclic) bond motifs is 2. The number of carbonyl (C=O) groups is 1. The molecule has 12 atom stereocenters. The second kappa shape index (κ2) is 6.03. The lowest BCUT2D eigenvalue weighted by Crippen LogP contribution is -2.81. The largest absolute Gasteiger partial charge is 0.462 e. The second-order valence-corrected chi connectivity index (χ2v) is 11.9. The fraction of sp³-hybridized carbons (Fsp3) is 0.958. The first kappa shape index (κ1) is 20.8. The molecule has 0 amide bonds. The Balaban J connectivity index is 1.61. The van der Waals surface area contributed by atoms with Crippen molar-refractivity contribution in [2.75, 3.05) is 20.2 Å². The Kier molecular flexibility index (Phi) is 4.06. The van der Waals surface area contributed by atoms with Crippen LogP contribution in [0.4, 0.5) is 0 Å². The van der Waals surface area contributed by atoms with E-state index in [1.165, 1.54) is 6.92 Å². The fourth-order valence-electron chi connectivity index (χ4n) is 10.4. The molecule has 7 nitrogen and oxygen atoms in total. The number of aliphatic hydroxyl groups excluding tert-OH is 1. The highest BCUT2D eigenvalue weighted by molar-refractivity contribution is 5.66. The summed E-state index contributed by atoms with van der Waals surface area (Å²) in [5.41, 5.74) is -3.25. The number of esters is 1. The summed E-state index contributed by atoms with van der Waals surface area (Å²) in [5, 5.41) is 36.7. The third kappa shape index (κ3) is 2.04. The molecule has 6 rings (SSSR count). The van der Waals surface area contributed by atoms with Crippen molar-refractivity contribution in [2.24, 2.45) is 34.5 Å². The molecular formula is C24H37NO6. The zero-order valence-electron chi connectivity index (χ0n) is 19.1. The molecule has 3 N–H and O–H groups in total. The Labute approximate surface area is 184 Å². The highest BCUT2D eigenvalue weighted by Gasteiger charge is 2.88. The molecule has 12 unspecified atom stereocenters. The van der Waals surface area contributed by atoms with Gasteiger partial charge in [0.25, 0.3) is 0 Å². The van der Waals surface area contributed by atoms with E-state index in [-0.39, 0.29) is 47.2 Å². The molecule has 1 saturated heterocycles. The van der Waals surface area contributed by atoms with Crippen molar-refractivity contribution in [3.05, 3.63) is 0 Å². The van der Waals surface area contributed by atoms with Crippen molar-refractivity contribution < 1.29 is 29.6 Å². The van der Waals surface area contributed by atoms with E-state index in [0.717, 1.165) is 32.4 Å². The first-order valence-electron chi connectivity index (χ1n) is 12.2. The lowest BCUT2D eigenvalue weighted by molar-refractivity contribution is -0.311. The maximum atomic E-state index is 12.5. The van der Waals surface area contributed by atoms with Crippen molar-refractivity contribution in [1.29, 1.82) is 0 Å². The Morgan fingerprint density at radius 1 is 1.23 bits per heavy atom. The minimum absolute atomic E-state index is 0.000884. The minimum atomic E-state index is -1.41. The fourth-order valence-corrected chi connectivity index (χ4v) is 10.4. The lowest BCUT2D eigenvalue weighted by Gasteiger charge is -2.69. The van der Waals surface area contributed by atoms with Crippen LogP contribution in [0.5, 0.6) is 0 Å². The zero-order chi connectivity index (χ0) is 22.1. The van der Waals surface area contributed by atoms with Gasteiger partial charge in [0.2, 0.25) is 0 Å². The van der Waals surface area contributed by atoms with Crippen LogP contribution in [0.2, 0.25) is 0 Å². The number of methoxy groups -OCH3 is 1. The molecule has 7 bridgehead atoms. The number of piperidine rings is 1. The number of hydrogen-bond acceptors (Lipinski definition) is 7. The molecular weight excluding hydrogens is 398 g/mol. The molecule has 0 aromatic rings. The Hall–Kier alpha value is -0.730. The van der Waals surface area contributed by atoms with E-state index in [1.807, 2.05) is 0 Å². The monoisotopic (exact) mass is 435 g/mol. The molecule has 0 radical (unpaired) electrons. The number of likely N-dealkylation sites (tertiary alicyclic amines) is 1. The van der Waals surface area contributed by atoms with Crippen molar-refractivity contribution in [1.82, 2.24) is 4.90 Å². The third-order valence-corrected chi connectivity index (χ3v) is 11.1. The van der Waals surface area contributed by atoms with E-state index in [1.54, 1.807) is 7.11 Å². The van der Waals surface area contributed by atoms with Crippen molar-refractivity contribution >= 4 is 5.97 Å². The van der Waals surface area contributed by atoms with Crippen molar-refractivity contribution in [3.8, 4) is 0 Å². The van der Waals surface area contributed by atoms with Gasteiger partial charge in [0.1, 0.15) is 17.3 Å². The number of likely N-dealkylation sites (N-methyl/N-ethyl adjacent to an activating group) is 1. The summed E-state index contributed by atoms with van der Waals surface area (Å²) in [4.78, 5) is 14.4. The van der Waals surface area contributed by atoms with E-state index in [4.69, 9.17) is 9.47 Å². The SMILES string of the molecule is CCN1CC2(C)CCC(O)C34C5CC6C(OC)CC(O)(C5C6OC(C)=O)C(O)(CC23)C14. The quantitative estimate of drug-likeness (QED) is 0.567. The Morgan fingerprint density at radius 2 is 1.97 bits per heavy atom. The molecule has 6 aliphatic rings. The summed E-state index contributed by atoms with van der Waals surface area (Å²) in [6.07, 6.45) is 2.00. The summed E-state index contributed by atoms with van der Waals surface area (Å²) < 4.78 is 11.7. The second-order valence-electron chi connectivity index (χ2n) is 11.9. The number of hydrogen-bond donors (Lipinski definition) is 3. The number of carbonyl (C=O) groups excluding carboxylic acids is 1. The van der Waals surface area contributed by atoms with Crippen LogP contribution >= 0.6 is 0 Å². The summed E-state index contributed by atoms with van der Waals surface area (Å²) in [5.74, 6) is -0.597. The van der Waals surface area contributed by atoms with Gasteiger partial charge in [-0.3, -0.25) is 9.69 Å². The smallest absolute Gasteiger partial charge is 0.302 e. The maximum absolute atomic E-state index is 12.5. The van der Waals surface area contributed by atoms with Gasteiger partial charge in [-0.2, -0.15) is 0 Å². The summed E-state index contributed by atoms with van der Waals surface area (Å²) in [6, 6.07) is -0.281. The maximum Gasteiger partial charge on any atom is 0.302 e. The first-order chi connectivity index (χ1) is 14.6. The van der Waals surface area contributed by atoms with Crippen molar-refractivity contribution in [2.45, 2.75) is 88.4 Å². The summed E-state index contributed by atoms with van der Waals surface area (Å²) in [6.45, 7) is 7.53. The van der Waals surface area contributed by atoms with E-state index in [2.05, 4.69) is 18.7 Å². The van der Waals surface area contributed by atoms with Gasteiger partial charge in [0.15, 0.2) is 0 Å². The lowest BCUT2D eigenvalue weighted by atomic mass is 9.43. The van der Waals surface area contributed by atoms with E-state index in [0.29, 0.717) is 12.8 Å². The predicted molar refractivity (Wildman–Crippen MR) is 111 cm³/mol. The summed E-state index contributed by atoms with van der Waals surface area (Å²) in [7, 11) is 1.64. The van der Waals surface area contributed by atoms with Crippen LogP contribution in [0.15, 0.2) is 0 Å². The molecule has 0 aromatic carbocycles. The van der Waals surface area contributed by atoms with Gasteiger partial charge in [-0.05, 0) is 49.5 Å². The van der Waals surface area contributed by atoms with Crippen LogP contribution in [-0.2, 0) is 14.3 Å². The predicted octanol–water partition coefficient (Wildman–Crippen LogP) is 0.936. The van der Waals surface area contributed by atoms with Crippen LogP contribution in [0.25, 0.3) is 0 Å². The molecule has 1 aliphatic heterocycles. The minimum Gasteiger partial charge on any atom is -0.462 e. The number of aliphatic hydroxyl groups is 3. The average molecular weight is 436 g/mol. The number of rotatable bonds is 3. The van der Waals surface area contributed by atoms with E-state index >= 15 is 0 Å². The molecule has 0 aromatic heterocycles. The molecule has 31 heavy (non-hydrogen) atoms. The van der Waals surface area contributed by atoms with Crippen LogP contribution in [0.3, 0.4) is 0 Å². The van der Waals surface area contributed by atoms with Gasteiger partial charge in [0.05, 0.1) is 12.2 Å². The van der Waals surface area contributed by atoms with E-state index < -0.39 is 28.8 Å².